The number of benzene rings is 1. The zero-order chi connectivity index (χ0) is 16.4. The van der Waals surface area contributed by atoms with Gasteiger partial charge in [0.2, 0.25) is 0 Å². The van der Waals surface area contributed by atoms with Gasteiger partial charge in [0.25, 0.3) is 0 Å². The molecule has 7 heteroatoms. The monoisotopic (exact) mass is 326 g/mol. The maximum atomic E-state index is 12.7. The molecule has 3 rings (SSSR count). The first-order chi connectivity index (χ1) is 10.9. The van der Waals surface area contributed by atoms with Crippen LogP contribution in [0.15, 0.2) is 39.6 Å². The van der Waals surface area contributed by atoms with Crippen LogP contribution in [0.5, 0.6) is 0 Å². The minimum atomic E-state index is -4.12. The van der Waals surface area contributed by atoms with E-state index in [-0.39, 0.29) is 18.8 Å². The summed E-state index contributed by atoms with van der Waals surface area (Å²) in [6.07, 6.45) is -2.97. The first-order valence-corrected chi connectivity index (χ1v) is 7.64. The molecule has 2 aromatic rings. The normalized spacial score (nSPS) is 22.2. The lowest BCUT2D eigenvalue weighted by molar-refractivity contribution is -0.184. The van der Waals surface area contributed by atoms with Crippen molar-refractivity contribution < 1.29 is 17.7 Å². The van der Waals surface area contributed by atoms with Crippen molar-refractivity contribution in [2.24, 2.45) is 11.8 Å². The second-order valence-electron chi connectivity index (χ2n) is 6.01. The van der Waals surface area contributed by atoms with Crippen molar-refractivity contribution in [2.45, 2.75) is 38.4 Å². The smallest absolute Gasteiger partial charge is 0.295 e. The van der Waals surface area contributed by atoms with Gasteiger partial charge in [0.15, 0.2) is 5.82 Å². The molecular weight excluding hydrogens is 309 g/mol. The lowest BCUT2D eigenvalue weighted by Crippen LogP contribution is -2.30. The van der Waals surface area contributed by atoms with Gasteiger partial charge in [0.1, 0.15) is 0 Å². The van der Waals surface area contributed by atoms with Crippen LogP contribution in [0, 0.1) is 11.8 Å². The lowest BCUT2D eigenvalue weighted by Gasteiger charge is -2.29. The fourth-order valence-electron chi connectivity index (χ4n) is 3.15. The number of rotatable bonds is 3. The Morgan fingerprint density at radius 1 is 1.13 bits per heavy atom. The van der Waals surface area contributed by atoms with E-state index in [0.717, 1.165) is 5.56 Å². The summed E-state index contributed by atoms with van der Waals surface area (Å²) in [5, 5.41) is 3.80. The molecule has 0 spiro atoms. The average molecular weight is 326 g/mol. The van der Waals surface area contributed by atoms with Crippen molar-refractivity contribution in [3.05, 3.63) is 40.9 Å². The molecule has 0 N–H and O–H groups in total. The van der Waals surface area contributed by atoms with Gasteiger partial charge in [0, 0.05) is 12.1 Å². The van der Waals surface area contributed by atoms with Crippen molar-refractivity contribution in [3.63, 3.8) is 0 Å². The number of hydrogen-bond donors (Lipinski definition) is 0. The number of halogens is 3. The summed E-state index contributed by atoms with van der Waals surface area (Å²) in [6.45, 7) is 0.344. The maximum absolute atomic E-state index is 12.7. The van der Waals surface area contributed by atoms with Crippen LogP contribution in [-0.2, 0) is 6.54 Å². The molecule has 1 saturated carbocycles. The van der Waals surface area contributed by atoms with Gasteiger partial charge in [-0.25, -0.2) is 4.79 Å². The fraction of sp³-hybridized carbons (Fsp3) is 0.500. The number of hydrogen-bond acceptors (Lipinski definition) is 3. The zero-order valence-electron chi connectivity index (χ0n) is 12.4. The molecule has 23 heavy (non-hydrogen) atoms. The number of nitrogens with zero attached hydrogens (tertiary/aromatic N) is 2. The van der Waals surface area contributed by atoms with E-state index in [4.69, 9.17) is 4.52 Å². The molecule has 0 unspecified atom stereocenters. The number of alkyl halides is 3. The summed E-state index contributed by atoms with van der Waals surface area (Å²) in [5.41, 5.74) is 0.752. The van der Waals surface area contributed by atoms with Crippen molar-refractivity contribution >= 4 is 0 Å². The maximum Gasteiger partial charge on any atom is 0.441 e. The van der Waals surface area contributed by atoms with Crippen LogP contribution in [0.4, 0.5) is 13.2 Å². The Kier molecular flexibility index (Phi) is 4.28. The Labute approximate surface area is 130 Å². The molecule has 0 bridgehead atoms. The summed E-state index contributed by atoms with van der Waals surface area (Å²) < 4.78 is 44.3. The van der Waals surface area contributed by atoms with Crippen LogP contribution >= 0.6 is 0 Å². The predicted octanol–water partition coefficient (Wildman–Crippen LogP) is 3.87. The Morgan fingerprint density at radius 2 is 1.78 bits per heavy atom. The van der Waals surface area contributed by atoms with Gasteiger partial charge in [-0.2, -0.15) is 13.2 Å². The van der Waals surface area contributed by atoms with Crippen LogP contribution < -0.4 is 5.76 Å². The Hall–Kier alpha value is -2.05. The van der Waals surface area contributed by atoms with Gasteiger partial charge in [-0.3, -0.25) is 9.09 Å². The Balaban J connectivity index is 1.73. The molecule has 0 amide bonds. The average Bonchev–Trinajstić information content (AvgIpc) is 2.89. The third kappa shape index (κ3) is 3.48. The van der Waals surface area contributed by atoms with Crippen LogP contribution in [-0.4, -0.2) is 15.9 Å². The first kappa shape index (κ1) is 15.8. The highest BCUT2D eigenvalue weighted by Crippen LogP contribution is 2.40. The highest BCUT2D eigenvalue weighted by atomic mass is 19.4. The summed E-state index contributed by atoms with van der Waals surface area (Å²) in [5.74, 6) is -1.32. The van der Waals surface area contributed by atoms with E-state index in [1.54, 1.807) is 0 Å². The van der Waals surface area contributed by atoms with E-state index in [0.29, 0.717) is 25.2 Å². The van der Waals surface area contributed by atoms with E-state index >= 15 is 0 Å². The third-order valence-corrected chi connectivity index (χ3v) is 4.47. The van der Waals surface area contributed by atoms with Crippen LogP contribution in [0.1, 0.15) is 25.7 Å². The molecule has 4 nitrogen and oxygen atoms in total. The van der Waals surface area contributed by atoms with Crippen LogP contribution in [0.3, 0.4) is 0 Å². The van der Waals surface area contributed by atoms with Gasteiger partial charge in [-0.15, -0.1) is 0 Å². The molecular formula is C16H17F3N2O2. The number of aromatic nitrogens is 2. The molecule has 124 valence electrons. The van der Waals surface area contributed by atoms with E-state index in [1.165, 1.54) is 4.57 Å². The van der Waals surface area contributed by atoms with Gasteiger partial charge >= 0.3 is 11.9 Å². The largest absolute Gasteiger partial charge is 0.441 e. The van der Waals surface area contributed by atoms with E-state index in [1.807, 2.05) is 30.3 Å². The molecule has 1 aliphatic carbocycles. The topological polar surface area (TPSA) is 48.0 Å². The summed E-state index contributed by atoms with van der Waals surface area (Å²) in [7, 11) is 0. The molecule has 1 fully saturated rings. The molecule has 0 aliphatic heterocycles. The second-order valence-corrected chi connectivity index (χ2v) is 6.01. The Morgan fingerprint density at radius 3 is 2.39 bits per heavy atom. The molecule has 1 heterocycles. The Bertz CT molecular complexity index is 698. The summed E-state index contributed by atoms with van der Waals surface area (Å²) in [6, 6.07) is 9.13. The SMILES string of the molecule is O=c1onc(-c2ccccc2)n1CC1CCC(C(F)(F)F)CC1. The van der Waals surface area contributed by atoms with E-state index < -0.39 is 17.9 Å². The minimum absolute atomic E-state index is 0.0353. The first-order valence-electron chi connectivity index (χ1n) is 7.64. The molecule has 0 saturated heterocycles. The van der Waals surface area contributed by atoms with Crippen molar-refractivity contribution in [3.8, 4) is 11.4 Å². The molecule has 1 aromatic heterocycles. The van der Waals surface area contributed by atoms with Crippen LogP contribution in [0.2, 0.25) is 0 Å². The van der Waals surface area contributed by atoms with E-state index in [9.17, 15) is 18.0 Å². The molecule has 1 aliphatic rings. The molecule has 0 radical (unpaired) electrons. The highest BCUT2D eigenvalue weighted by molar-refractivity contribution is 5.54. The van der Waals surface area contributed by atoms with Gasteiger partial charge in [0.05, 0.1) is 5.92 Å². The standard InChI is InChI=1S/C16H17F3N2O2/c17-16(18,19)13-8-6-11(7-9-13)10-21-14(20-23-15(21)22)12-4-2-1-3-5-12/h1-5,11,13H,6-10H2. The second kappa shape index (κ2) is 6.22. The summed E-state index contributed by atoms with van der Waals surface area (Å²) in [4.78, 5) is 11.9. The quantitative estimate of drug-likeness (QED) is 0.860. The van der Waals surface area contributed by atoms with Crippen molar-refractivity contribution in [2.75, 3.05) is 0 Å². The summed E-state index contributed by atoms with van der Waals surface area (Å²) >= 11 is 0. The molecule has 1 aromatic carbocycles. The fourth-order valence-corrected chi connectivity index (χ4v) is 3.15. The zero-order valence-corrected chi connectivity index (χ0v) is 12.4. The van der Waals surface area contributed by atoms with E-state index in [2.05, 4.69) is 5.16 Å². The molecule has 0 atom stereocenters. The van der Waals surface area contributed by atoms with Gasteiger partial charge in [-0.1, -0.05) is 35.5 Å². The van der Waals surface area contributed by atoms with Crippen LogP contribution in [0.25, 0.3) is 11.4 Å². The minimum Gasteiger partial charge on any atom is -0.295 e. The van der Waals surface area contributed by atoms with Gasteiger partial charge < -0.3 is 0 Å². The lowest BCUT2D eigenvalue weighted by atomic mass is 9.81. The van der Waals surface area contributed by atoms with Crippen molar-refractivity contribution in [1.82, 2.24) is 9.72 Å². The highest BCUT2D eigenvalue weighted by Gasteiger charge is 2.41. The van der Waals surface area contributed by atoms with Crippen molar-refractivity contribution in [1.29, 1.82) is 0 Å². The predicted molar refractivity (Wildman–Crippen MR) is 77.7 cm³/mol. The van der Waals surface area contributed by atoms with Gasteiger partial charge in [-0.05, 0) is 31.6 Å². The third-order valence-electron chi connectivity index (χ3n) is 4.47.